The van der Waals surface area contributed by atoms with Gasteiger partial charge < -0.3 is 14.1 Å². The minimum absolute atomic E-state index is 0.0490. The van der Waals surface area contributed by atoms with Gasteiger partial charge >= 0.3 is 5.63 Å². The van der Waals surface area contributed by atoms with Crippen LogP contribution >= 0.6 is 11.3 Å². The summed E-state index contributed by atoms with van der Waals surface area (Å²) in [7, 11) is 0. The van der Waals surface area contributed by atoms with Gasteiger partial charge in [-0.05, 0) is 26.0 Å². The van der Waals surface area contributed by atoms with Crippen molar-refractivity contribution in [3.63, 3.8) is 0 Å². The highest BCUT2D eigenvalue weighted by Crippen LogP contribution is 2.22. The second-order valence-corrected chi connectivity index (χ2v) is 6.70. The predicted octanol–water partition coefficient (Wildman–Crippen LogP) is 2.61. The number of thiophene rings is 1. The van der Waals surface area contributed by atoms with E-state index in [1.165, 1.54) is 17.4 Å². The molecule has 0 radical (unpaired) electrons. The molecule has 0 aromatic carbocycles. The zero-order chi connectivity index (χ0) is 15.7. The molecule has 0 saturated carbocycles. The van der Waals surface area contributed by atoms with E-state index in [0.29, 0.717) is 24.6 Å². The molecule has 1 atom stereocenters. The lowest BCUT2D eigenvalue weighted by Gasteiger charge is -2.16. The van der Waals surface area contributed by atoms with Crippen LogP contribution in [-0.2, 0) is 0 Å². The second kappa shape index (κ2) is 5.96. The smallest absolute Gasteiger partial charge is 0.339 e. The molecule has 1 aliphatic rings. The molecule has 0 aliphatic carbocycles. The molecule has 1 amide bonds. The molecule has 5 nitrogen and oxygen atoms in total. The van der Waals surface area contributed by atoms with E-state index >= 15 is 0 Å². The Morgan fingerprint density at radius 2 is 2.18 bits per heavy atom. The first-order valence-electron chi connectivity index (χ1n) is 7.15. The molecule has 1 saturated heterocycles. The summed E-state index contributed by atoms with van der Waals surface area (Å²) < 4.78 is 10.7. The van der Waals surface area contributed by atoms with Crippen LogP contribution in [0, 0.1) is 13.8 Å². The van der Waals surface area contributed by atoms with Crippen molar-refractivity contribution in [2.75, 3.05) is 13.1 Å². The third-order valence-corrected chi connectivity index (χ3v) is 4.54. The van der Waals surface area contributed by atoms with Crippen molar-refractivity contribution >= 4 is 17.2 Å². The van der Waals surface area contributed by atoms with E-state index in [2.05, 4.69) is 0 Å². The van der Waals surface area contributed by atoms with Crippen molar-refractivity contribution < 1.29 is 13.9 Å². The standard InChI is InChI=1S/C16H17NO4S/c1-10-7-13(8-15(18)20-10)21-12-5-6-17(9-12)16(19)14-4-3-11(2)22-14/h3-4,7-8,12H,5-6,9H2,1-2H3/t12-/m1/s1. The number of amides is 1. The number of ether oxygens (including phenoxy) is 1. The lowest BCUT2D eigenvalue weighted by Crippen LogP contribution is -2.30. The lowest BCUT2D eigenvalue weighted by molar-refractivity contribution is 0.0777. The van der Waals surface area contributed by atoms with Crippen LogP contribution in [0.3, 0.4) is 0 Å². The molecular weight excluding hydrogens is 302 g/mol. The van der Waals surface area contributed by atoms with Crippen LogP contribution in [0.5, 0.6) is 5.75 Å². The SMILES string of the molecule is Cc1cc(O[C@@H]2CCN(C(=O)c3ccc(C)s3)C2)cc(=O)o1. The van der Waals surface area contributed by atoms with E-state index in [-0.39, 0.29) is 12.0 Å². The summed E-state index contributed by atoms with van der Waals surface area (Å²) >= 11 is 1.51. The van der Waals surface area contributed by atoms with Crippen LogP contribution in [-0.4, -0.2) is 30.0 Å². The Kier molecular flexibility index (Phi) is 4.02. The predicted molar refractivity (Wildman–Crippen MR) is 83.7 cm³/mol. The van der Waals surface area contributed by atoms with Gasteiger partial charge in [0.15, 0.2) is 0 Å². The topological polar surface area (TPSA) is 59.8 Å². The molecule has 0 spiro atoms. The number of hydrogen-bond donors (Lipinski definition) is 0. The van der Waals surface area contributed by atoms with Crippen molar-refractivity contribution in [3.8, 4) is 5.75 Å². The van der Waals surface area contributed by atoms with Crippen LogP contribution in [0.25, 0.3) is 0 Å². The van der Waals surface area contributed by atoms with E-state index in [1.54, 1.807) is 17.9 Å². The summed E-state index contributed by atoms with van der Waals surface area (Å²) in [4.78, 5) is 27.4. The molecular formula is C16H17NO4S. The number of nitrogens with zero attached hydrogens (tertiary/aromatic N) is 1. The Bertz CT molecular complexity index is 749. The van der Waals surface area contributed by atoms with Gasteiger partial charge in [0.2, 0.25) is 0 Å². The van der Waals surface area contributed by atoms with Crippen LogP contribution in [0.2, 0.25) is 0 Å². The number of carbonyl (C=O) groups excluding carboxylic acids is 1. The van der Waals surface area contributed by atoms with Crippen LogP contribution in [0.4, 0.5) is 0 Å². The molecule has 3 heterocycles. The molecule has 22 heavy (non-hydrogen) atoms. The highest BCUT2D eigenvalue weighted by Gasteiger charge is 2.29. The molecule has 0 N–H and O–H groups in total. The Morgan fingerprint density at radius 3 is 2.86 bits per heavy atom. The summed E-state index contributed by atoms with van der Waals surface area (Å²) in [5, 5.41) is 0. The van der Waals surface area contributed by atoms with Gasteiger partial charge in [0, 0.05) is 23.9 Å². The van der Waals surface area contributed by atoms with Crippen molar-refractivity contribution in [1.29, 1.82) is 0 Å². The third kappa shape index (κ3) is 3.22. The maximum atomic E-state index is 12.4. The van der Waals surface area contributed by atoms with Crippen molar-refractivity contribution in [2.45, 2.75) is 26.4 Å². The lowest BCUT2D eigenvalue weighted by atomic mass is 10.3. The summed E-state index contributed by atoms with van der Waals surface area (Å²) in [6.45, 7) is 4.90. The fourth-order valence-electron chi connectivity index (χ4n) is 2.55. The highest BCUT2D eigenvalue weighted by atomic mass is 32.1. The molecule has 0 bridgehead atoms. The fraction of sp³-hybridized carbons (Fsp3) is 0.375. The Hall–Kier alpha value is -2.08. The van der Waals surface area contributed by atoms with Crippen LogP contribution < -0.4 is 10.4 Å². The van der Waals surface area contributed by atoms with Crippen molar-refractivity contribution in [3.05, 3.63) is 50.2 Å². The molecule has 1 fully saturated rings. The average Bonchev–Trinajstić information content (AvgIpc) is 3.06. The number of aryl methyl sites for hydroxylation is 2. The van der Waals surface area contributed by atoms with E-state index in [4.69, 9.17) is 9.15 Å². The van der Waals surface area contributed by atoms with Crippen LogP contribution in [0.1, 0.15) is 26.7 Å². The van der Waals surface area contributed by atoms with Gasteiger partial charge in [0.1, 0.15) is 17.6 Å². The Labute approximate surface area is 132 Å². The molecule has 2 aromatic heterocycles. The number of likely N-dealkylation sites (tertiary alicyclic amines) is 1. The maximum Gasteiger partial charge on any atom is 0.339 e. The van der Waals surface area contributed by atoms with Gasteiger partial charge in [-0.15, -0.1) is 11.3 Å². The second-order valence-electron chi connectivity index (χ2n) is 5.41. The van der Waals surface area contributed by atoms with Gasteiger partial charge in [0.05, 0.1) is 17.5 Å². The van der Waals surface area contributed by atoms with Crippen LogP contribution in [0.15, 0.2) is 33.5 Å². The maximum absolute atomic E-state index is 12.4. The Morgan fingerprint density at radius 1 is 1.36 bits per heavy atom. The van der Waals surface area contributed by atoms with Crippen molar-refractivity contribution in [1.82, 2.24) is 4.90 Å². The first-order valence-corrected chi connectivity index (χ1v) is 7.97. The van der Waals surface area contributed by atoms with Gasteiger partial charge in [-0.1, -0.05) is 0 Å². The van der Waals surface area contributed by atoms with E-state index in [0.717, 1.165) is 16.2 Å². The molecule has 0 unspecified atom stereocenters. The molecule has 3 rings (SSSR count). The summed E-state index contributed by atoms with van der Waals surface area (Å²) in [5.74, 6) is 1.07. The van der Waals surface area contributed by atoms with Gasteiger partial charge in [-0.25, -0.2) is 4.79 Å². The van der Waals surface area contributed by atoms with Gasteiger partial charge in [-0.2, -0.15) is 0 Å². The Balaban J connectivity index is 1.65. The first-order chi connectivity index (χ1) is 10.5. The molecule has 2 aromatic rings. The van der Waals surface area contributed by atoms with Gasteiger partial charge in [0.25, 0.3) is 5.91 Å². The third-order valence-electron chi connectivity index (χ3n) is 3.55. The highest BCUT2D eigenvalue weighted by molar-refractivity contribution is 7.13. The fourth-order valence-corrected chi connectivity index (χ4v) is 3.39. The summed E-state index contributed by atoms with van der Waals surface area (Å²) in [6, 6.07) is 6.84. The zero-order valence-corrected chi connectivity index (χ0v) is 13.3. The summed E-state index contributed by atoms with van der Waals surface area (Å²) in [6.07, 6.45) is 0.668. The van der Waals surface area contributed by atoms with Crippen molar-refractivity contribution in [2.24, 2.45) is 0 Å². The van der Waals surface area contributed by atoms with E-state index < -0.39 is 5.63 Å². The minimum Gasteiger partial charge on any atom is -0.488 e. The molecule has 6 heteroatoms. The number of hydrogen-bond acceptors (Lipinski definition) is 5. The average molecular weight is 319 g/mol. The van der Waals surface area contributed by atoms with Gasteiger partial charge in [-0.3, -0.25) is 4.79 Å². The van der Waals surface area contributed by atoms with E-state index in [1.807, 2.05) is 19.1 Å². The number of carbonyl (C=O) groups is 1. The van der Waals surface area contributed by atoms with E-state index in [9.17, 15) is 9.59 Å². The molecule has 116 valence electrons. The largest absolute Gasteiger partial charge is 0.488 e. The first kappa shape index (κ1) is 14.8. The summed E-state index contributed by atoms with van der Waals surface area (Å²) in [5.41, 5.74) is -0.421. The minimum atomic E-state index is -0.421. The monoisotopic (exact) mass is 319 g/mol. The normalized spacial score (nSPS) is 17.7. The quantitative estimate of drug-likeness (QED) is 0.872. The zero-order valence-electron chi connectivity index (χ0n) is 12.5. The molecule has 1 aliphatic heterocycles. The number of rotatable bonds is 3.